The van der Waals surface area contributed by atoms with Crippen molar-refractivity contribution in [3.05, 3.63) is 83.4 Å². The van der Waals surface area contributed by atoms with Gasteiger partial charge >= 0.3 is 0 Å². The van der Waals surface area contributed by atoms with Crippen LogP contribution in [0.5, 0.6) is 5.75 Å². The normalized spacial score (nSPS) is 12.4. The third-order valence-corrected chi connectivity index (χ3v) is 4.78. The summed E-state index contributed by atoms with van der Waals surface area (Å²) in [5.74, 6) is -1.28. The van der Waals surface area contributed by atoms with E-state index in [1.54, 1.807) is 54.6 Å². The number of rotatable bonds is 4. The molecule has 30 heavy (non-hydrogen) atoms. The number of aromatic hydroxyl groups is 1. The van der Waals surface area contributed by atoms with Crippen molar-refractivity contribution in [2.24, 2.45) is 0 Å². The van der Waals surface area contributed by atoms with Crippen molar-refractivity contribution in [2.75, 3.05) is 11.9 Å². The monoisotopic (exact) mass is 397 g/mol. The Labute approximate surface area is 171 Å². The summed E-state index contributed by atoms with van der Waals surface area (Å²) in [4.78, 5) is 37.9. The van der Waals surface area contributed by atoms with Crippen LogP contribution in [0.2, 0.25) is 0 Å². The highest BCUT2D eigenvalue weighted by atomic mass is 16.3. The molecule has 3 aromatic carbocycles. The van der Waals surface area contributed by atoms with Gasteiger partial charge in [-0.3, -0.25) is 19.3 Å². The Hall–Kier alpha value is -4.44. The van der Waals surface area contributed by atoms with Crippen LogP contribution in [-0.4, -0.2) is 34.3 Å². The number of benzene rings is 3. The number of imide groups is 1. The maximum absolute atomic E-state index is 12.6. The minimum Gasteiger partial charge on any atom is -0.508 e. The summed E-state index contributed by atoms with van der Waals surface area (Å²) in [5.41, 5.74) is 2.83. The molecular weight excluding hydrogens is 382 g/mol. The van der Waals surface area contributed by atoms with E-state index in [4.69, 9.17) is 5.26 Å². The van der Waals surface area contributed by atoms with Gasteiger partial charge < -0.3 is 10.4 Å². The Morgan fingerprint density at radius 1 is 0.933 bits per heavy atom. The van der Waals surface area contributed by atoms with Crippen molar-refractivity contribution in [3.8, 4) is 22.9 Å². The number of anilines is 1. The molecule has 3 amide bonds. The maximum Gasteiger partial charge on any atom is 0.262 e. The van der Waals surface area contributed by atoms with Crippen molar-refractivity contribution in [3.63, 3.8) is 0 Å². The fourth-order valence-electron chi connectivity index (χ4n) is 3.29. The zero-order chi connectivity index (χ0) is 21.3. The molecule has 0 fully saturated rings. The lowest BCUT2D eigenvalue weighted by Gasteiger charge is -2.08. The van der Waals surface area contributed by atoms with E-state index in [-0.39, 0.29) is 29.3 Å². The number of phenolic OH excluding ortho intramolecular Hbond substituents is 1. The van der Waals surface area contributed by atoms with E-state index in [1.165, 1.54) is 12.1 Å². The van der Waals surface area contributed by atoms with Gasteiger partial charge in [0.05, 0.1) is 17.2 Å². The highest BCUT2D eigenvalue weighted by Gasteiger charge is 2.35. The molecule has 2 N–H and O–H groups in total. The van der Waals surface area contributed by atoms with Crippen LogP contribution >= 0.6 is 0 Å². The molecule has 4 rings (SSSR count). The Bertz CT molecular complexity index is 1230. The van der Waals surface area contributed by atoms with Gasteiger partial charge in [-0.15, -0.1) is 0 Å². The number of carbonyl (C=O) groups is 3. The van der Waals surface area contributed by atoms with E-state index in [9.17, 15) is 19.5 Å². The second-order valence-electron chi connectivity index (χ2n) is 6.70. The van der Waals surface area contributed by atoms with Crippen molar-refractivity contribution in [1.29, 1.82) is 5.26 Å². The van der Waals surface area contributed by atoms with Crippen LogP contribution in [-0.2, 0) is 0 Å². The molecule has 0 radical (unpaired) electrons. The van der Waals surface area contributed by atoms with Gasteiger partial charge in [0, 0.05) is 11.3 Å². The molecule has 0 unspecified atom stereocenters. The molecule has 0 saturated heterocycles. The first-order valence-corrected chi connectivity index (χ1v) is 9.06. The standard InChI is InChI=1S/C23H15N3O4/c24-10-11-26-22(29)19-9-8-17(13-20(19)23(26)30)25-21(28)15-6-4-14(5-7-15)16-2-1-3-18(27)12-16/h1-9,12-13,27H,11H2,(H,25,28). The molecule has 146 valence electrons. The topological polar surface area (TPSA) is 110 Å². The van der Waals surface area contributed by atoms with E-state index in [1.807, 2.05) is 6.07 Å². The average molecular weight is 397 g/mol. The number of carbonyl (C=O) groups excluding carboxylic acids is 3. The SMILES string of the molecule is N#CCN1C(=O)c2ccc(NC(=O)c3ccc(-c4cccc(O)c4)cc3)cc2C1=O. The molecule has 1 aliphatic rings. The second-order valence-corrected chi connectivity index (χ2v) is 6.70. The Kier molecular flexibility index (Phi) is 4.74. The van der Waals surface area contributed by atoms with Crippen LogP contribution in [0, 0.1) is 11.3 Å². The molecule has 0 spiro atoms. The van der Waals surface area contributed by atoms with Gasteiger partial charge in [0.25, 0.3) is 17.7 Å². The lowest BCUT2D eigenvalue weighted by molar-refractivity contribution is 0.0673. The summed E-state index contributed by atoms with van der Waals surface area (Å²) in [6.07, 6.45) is 0. The van der Waals surface area contributed by atoms with E-state index in [0.717, 1.165) is 16.0 Å². The molecule has 0 aromatic heterocycles. The molecule has 3 aromatic rings. The summed E-state index contributed by atoms with van der Waals surface area (Å²) >= 11 is 0. The summed E-state index contributed by atoms with van der Waals surface area (Å²) in [6.45, 7) is -0.320. The van der Waals surface area contributed by atoms with Crippen LogP contribution in [0.3, 0.4) is 0 Å². The molecule has 1 heterocycles. The average Bonchev–Trinajstić information content (AvgIpc) is 2.98. The summed E-state index contributed by atoms with van der Waals surface area (Å²) in [7, 11) is 0. The van der Waals surface area contributed by atoms with E-state index >= 15 is 0 Å². The molecule has 7 nitrogen and oxygen atoms in total. The van der Waals surface area contributed by atoms with E-state index in [0.29, 0.717) is 11.3 Å². The van der Waals surface area contributed by atoms with E-state index in [2.05, 4.69) is 5.32 Å². The van der Waals surface area contributed by atoms with Gasteiger partial charge in [-0.1, -0.05) is 24.3 Å². The van der Waals surface area contributed by atoms with Gasteiger partial charge in [-0.05, 0) is 53.6 Å². The van der Waals surface area contributed by atoms with Crippen LogP contribution in [0.15, 0.2) is 66.7 Å². The summed E-state index contributed by atoms with van der Waals surface area (Å²) < 4.78 is 0. The lowest BCUT2D eigenvalue weighted by Crippen LogP contribution is -2.29. The van der Waals surface area contributed by atoms with Crippen molar-refractivity contribution >= 4 is 23.4 Å². The fraction of sp³-hybridized carbons (Fsp3) is 0.0435. The third-order valence-electron chi connectivity index (χ3n) is 4.78. The van der Waals surface area contributed by atoms with Crippen molar-refractivity contribution in [1.82, 2.24) is 4.90 Å². The number of fused-ring (bicyclic) bond motifs is 1. The first kappa shape index (κ1) is 18.9. The second kappa shape index (κ2) is 7.53. The zero-order valence-electron chi connectivity index (χ0n) is 15.6. The maximum atomic E-state index is 12.6. The smallest absolute Gasteiger partial charge is 0.262 e. The zero-order valence-corrected chi connectivity index (χ0v) is 15.6. The highest BCUT2D eigenvalue weighted by Crippen LogP contribution is 2.27. The number of hydrogen-bond acceptors (Lipinski definition) is 5. The minimum absolute atomic E-state index is 0.160. The lowest BCUT2D eigenvalue weighted by atomic mass is 10.0. The third kappa shape index (κ3) is 3.38. The van der Waals surface area contributed by atoms with Gasteiger partial charge in [0.2, 0.25) is 0 Å². The molecule has 0 atom stereocenters. The number of nitrogens with zero attached hydrogens (tertiary/aromatic N) is 2. The van der Waals surface area contributed by atoms with Crippen molar-refractivity contribution in [2.45, 2.75) is 0 Å². The summed E-state index contributed by atoms with van der Waals surface area (Å²) in [6, 6.07) is 19.9. The minimum atomic E-state index is -0.553. The van der Waals surface area contributed by atoms with Crippen LogP contribution in [0.1, 0.15) is 31.1 Å². The quantitative estimate of drug-likeness (QED) is 0.518. The van der Waals surface area contributed by atoms with Gasteiger partial charge in [-0.25, -0.2) is 0 Å². The molecular formula is C23H15N3O4. The molecule has 0 saturated carbocycles. The first-order valence-electron chi connectivity index (χ1n) is 9.06. The van der Waals surface area contributed by atoms with Crippen LogP contribution < -0.4 is 5.32 Å². The predicted octanol–water partition coefficient (Wildman–Crippen LogP) is 3.43. The number of amides is 3. The van der Waals surface area contributed by atoms with E-state index < -0.39 is 11.8 Å². The Morgan fingerprint density at radius 2 is 1.67 bits per heavy atom. The largest absolute Gasteiger partial charge is 0.508 e. The molecule has 0 bridgehead atoms. The van der Waals surface area contributed by atoms with Crippen molar-refractivity contribution < 1.29 is 19.5 Å². The number of nitrogens with one attached hydrogen (secondary N) is 1. The van der Waals surface area contributed by atoms with Crippen LogP contribution in [0.4, 0.5) is 5.69 Å². The van der Waals surface area contributed by atoms with Gasteiger partial charge in [0.1, 0.15) is 12.3 Å². The van der Waals surface area contributed by atoms with Crippen LogP contribution in [0.25, 0.3) is 11.1 Å². The number of hydrogen-bond donors (Lipinski definition) is 2. The fourth-order valence-corrected chi connectivity index (χ4v) is 3.29. The predicted molar refractivity (Wildman–Crippen MR) is 109 cm³/mol. The molecule has 0 aliphatic carbocycles. The number of nitriles is 1. The molecule has 1 aliphatic heterocycles. The highest BCUT2D eigenvalue weighted by molar-refractivity contribution is 6.22. The number of phenols is 1. The summed E-state index contributed by atoms with van der Waals surface area (Å²) in [5, 5.41) is 21.1. The molecule has 7 heteroatoms. The van der Waals surface area contributed by atoms with Gasteiger partial charge in [0.15, 0.2) is 0 Å². The first-order chi connectivity index (χ1) is 14.5. The Balaban J connectivity index is 1.52. The van der Waals surface area contributed by atoms with Gasteiger partial charge in [-0.2, -0.15) is 5.26 Å². The Morgan fingerprint density at radius 3 is 2.37 bits per heavy atom.